The third-order valence-electron chi connectivity index (χ3n) is 8.73. The fourth-order valence-corrected chi connectivity index (χ4v) is 6.77. The molecule has 0 bridgehead atoms. The summed E-state index contributed by atoms with van der Waals surface area (Å²) < 4.78 is 0. The van der Waals surface area contributed by atoms with Crippen LogP contribution in [0.25, 0.3) is 21.5 Å². The van der Waals surface area contributed by atoms with Gasteiger partial charge in [-0.1, -0.05) is 127 Å². The number of carbonyl (C=O) groups excluding carboxylic acids is 1. The van der Waals surface area contributed by atoms with E-state index < -0.39 is 0 Å². The molecule has 4 aromatic rings. The molecule has 44 heavy (non-hydrogen) atoms. The molecule has 230 valence electrons. The Kier molecular flexibility index (Phi) is 11.0. The van der Waals surface area contributed by atoms with E-state index in [2.05, 4.69) is 148 Å². The first kappa shape index (κ1) is 33.0. The number of fused-ring (bicyclic) bond motifs is 4. The zero-order chi connectivity index (χ0) is 31.7. The van der Waals surface area contributed by atoms with Crippen molar-refractivity contribution in [2.45, 2.75) is 78.6 Å². The molecule has 0 amide bonds. The molecule has 0 unspecified atom stereocenters. The Hall–Kier alpha value is -3.95. The van der Waals surface area contributed by atoms with Gasteiger partial charge in [0.05, 0.1) is 13.0 Å². The second-order valence-electron chi connectivity index (χ2n) is 12.6. The summed E-state index contributed by atoms with van der Waals surface area (Å²) >= 11 is 0. The lowest BCUT2D eigenvalue weighted by Crippen LogP contribution is -2.78. The molecule has 0 aromatic heterocycles. The molecular formula is C41H51N2O+. The van der Waals surface area contributed by atoms with Gasteiger partial charge in [0.25, 0.3) is 0 Å². The highest BCUT2D eigenvalue weighted by Crippen LogP contribution is 2.50. The van der Waals surface area contributed by atoms with Crippen LogP contribution in [0.4, 0.5) is 11.4 Å². The Labute approximate surface area is 265 Å². The largest absolute Gasteiger partial charge is 0.344 e. The lowest BCUT2D eigenvalue weighted by Gasteiger charge is -2.27. The quantitative estimate of drug-likeness (QED) is 0.0821. The Morgan fingerprint density at radius 1 is 0.841 bits per heavy atom. The molecule has 0 atom stereocenters. The standard InChI is InChI=1S/C39H44N2O.C2H6/c1-6-27-41-34-24-22-30-17-11-13-19-32(30)37(34)39(4,5)35(41)20-9-7-8-14-25-38(2,3)36-31-18-12-10-16-29(31)21-23-33(36)40-26-15-28-42;1-2/h7-14,16-24,28,40H,6,15,25-27H2,1-5H3;1-2H3/p+1/b9-7+,14-8+,35-20+;. The van der Waals surface area contributed by atoms with Crippen LogP contribution in [0.2, 0.25) is 0 Å². The number of anilines is 1. The molecule has 3 nitrogen and oxygen atoms in total. The lowest BCUT2D eigenvalue weighted by atomic mass is 9.78. The van der Waals surface area contributed by atoms with Crippen LogP contribution in [-0.2, 0) is 15.6 Å². The van der Waals surface area contributed by atoms with Crippen molar-refractivity contribution in [2.24, 2.45) is 0 Å². The summed E-state index contributed by atoms with van der Waals surface area (Å²) in [6.07, 6.45) is 14.7. The summed E-state index contributed by atoms with van der Waals surface area (Å²) in [5.74, 6) is 0. The van der Waals surface area contributed by atoms with E-state index >= 15 is 0 Å². The number of rotatable bonds is 11. The van der Waals surface area contributed by atoms with Gasteiger partial charge in [0.1, 0.15) is 12.0 Å². The van der Waals surface area contributed by atoms with Crippen LogP contribution in [0.5, 0.6) is 0 Å². The molecule has 3 heteroatoms. The first-order valence-electron chi connectivity index (χ1n) is 16.4. The topological polar surface area (TPSA) is 36.9 Å². The Morgan fingerprint density at radius 2 is 1.50 bits per heavy atom. The van der Waals surface area contributed by atoms with Gasteiger partial charge in [-0.3, -0.25) is 0 Å². The molecule has 0 saturated heterocycles. The van der Waals surface area contributed by atoms with Crippen molar-refractivity contribution in [1.29, 1.82) is 0 Å². The molecule has 0 fully saturated rings. The number of hydrogen-bond donors (Lipinski definition) is 1. The third-order valence-corrected chi connectivity index (χ3v) is 8.73. The maximum Gasteiger partial charge on any atom is 0.133 e. The van der Waals surface area contributed by atoms with E-state index in [4.69, 9.17) is 0 Å². The van der Waals surface area contributed by atoms with Crippen LogP contribution in [-0.4, -0.2) is 19.4 Å². The molecule has 0 spiro atoms. The predicted molar refractivity (Wildman–Crippen MR) is 191 cm³/mol. The minimum Gasteiger partial charge on any atom is -0.344 e. The van der Waals surface area contributed by atoms with E-state index in [1.807, 2.05) is 13.8 Å². The van der Waals surface area contributed by atoms with Crippen LogP contribution >= 0.6 is 0 Å². The average Bonchev–Trinajstić information content (AvgIpc) is 3.25. The van der Waals surface area contributed by atoms with Crippen LogP contribution in [0.3, 0.4) is 0 Å². The van der Waals surface area contributed by atoms with Gasteiger partial charge in [-0.25, -0.2) is 0 Å². The molecule has 1 aliphatic heterocycles. The summed E-state index contributed by atoms with van der Waals surface area (Å²) in [6, 6.07) is 26.4. The highest BCUT2D eigenvalue weighted by molar-refractivity contribution is 5.95. The fraction of sp³-hybridized carbons (Fsp3) is 0.341. The molecule has 0 radical (unpaired) electrons. The molecule has 1 heterocycles. The second kappa shape index (κ2) is 14.7. The molecule has 0 saturated carbocycles. The number of nitrogens with two attached hydrogens (primary N) is 1. The van der Waals surface area contributed by atoms with Crippen molar-refractivity contribution < 1.29 is 10.1 Å². The lowest BCUT2D eigenvalue weighted by molar-refractivity contribution is -0.570. The summed E-state index contributed by atoms with van der Waals surface area (Å²) in [5, 5.41) is 7.43. The van der Waals surface area contributed by atoms with E-state index in [0.717, 1.165) is 32.2 Å². The van der Waals surface area contributed by atoms with E-state index in [-0.39, 0.29) is 10.8 Å². The van der Waals surface area contributed by atoms with Crippen LogP contribution in [0.15, 0.2) is 109 Å². The van der Waals surface area contributed by atoms with Crippen molar-refractivity contribution in [2.75, 3.05) is 18.0 Å². The molecular weight excluding hydrogens is 536 g/mol. The van der Waals surface area contributed by atoms with Crippen molar-refractivity contribution in [1.82, 2.24) is 0 Å². The molecule has 5 rings (SSSR count). The third kappa shape index (κ3) is 6.74. The number of hydrogen-bond acceptors (Lipinski definition) is 2. The minimum absolute atomic E-state index is 0.0647. The Morgan fingerprint density at radius 3 is 2.20 bits per heavy atom. The number of nitrogens with zero attached hydrogens (tertiary/aromatic N) is 1. The number of carbonyl (C=O) groups is 1. The number of aldehydes is 1. The highest BCUT2D eigenvalue weighted by Gasteiger charge is 2.40. The van der Waals surface area contributed by atoms with Gasteiger partial charge in [0.2, 0.25) is 0 Å². The van der Waals surface area contributed by atoms with E-state index in [1.165, 1.54) is 49.7 Å². The fourth-order valence-electron chi connectivity index (χ4n) is 6.77. The summed E-state index contributed by atoms with van der Waals surface area (Å²) in [7, 11) is 0. The van der Waals surface area contributed by atoms with Gasteiger partial charge in [0.15, 0.2) is 0 Å². The monoisotopic (exact) mass is 587 g/mol. The van der Waals surface area contributed by atoms with E-state index in [9.17, 15) is 4.79 Å². The molecule has 0 aliphatic carbocycles. The van der Waals surface area contributed by atoms with Crippen LogP contribution in [0, 0.1) is 0 Å². The average molecular weight is 588 g/mol. The van der Waals surface area contributed by atoms with Crippen molar-refractivity contribution in [3.63, 3.8) is 0 Å². The van der Waals surface area contributed by atoms with E-state index in [0.29, 0.717) is 6.42 Å². The maximum atomic E-state index is 11.0. The number of allylic oxidation sites excluding steroid dienone is 6. The summed E-state index contributed by atoms with van der Waals surface area (Å²) in [5.41, 5.74) is 6.58. The van der Waals surface area contributed by atoms with Gasteiger partial charge in [0, 0.05) is 28.9 Å². The molecule has 1 aliphatic rings. The first-order chi connectivity index (χ1) is 21.3. The number of quaternary nitrogens is 1. The molecule has 4 aromatic carbocycles. The van der Waals surface area contributed by atoms with Gasteiger partial charge in [-0.2, -0.15) is 0 Å². The highest BCUT2D eigenvalue weighted by atomic mass is 16.1. The zero-order valence-corrected chi connectivity index (χ0v) is 27.9. The maximum absolute atomic E-state index is 11.0. The van der Waals surface area contributed by atoms with Crippen LogP contribution < -0.4 is 10.2 Å². The van der Waals surface area contributed by atoms with Gasteiger partial charge >= 0.3 is 0 Å². The second-order valence-corrected chi connectivity index (χ2v) is 12.6. The van der Waals surface area contributed by atoms with Gasteiger partial charge in [-0.15, -0.1) is 0 Å². The van der Waals surface area contributed by atoms with Crippen molar-refractivity contribution >= 4 is 39.2 Å². The summed E-state index contributed by atoms with van der Waals surface area (Å²) in [6.45, 7) is 17.4. The zero-order valence-electron chi connectivity index (χ0n) is 27.9. The van der Waals surface area contributed by atoms with E-state index in [1.54, 1.807) is 0 Å². The normalized spacial score (nSPS) is 15.3. The van der Waals surface area contributed by atoms with Gasteiger partial charge < -0.3 is 15.0 Å². The SMILES string of the molecule is CC.CCCN1/C(=C/C=C/C=C/CC(C)(C)c2c([NH2+]CCC=O)ccc3ccccc23)C(C)(C)c2c1ccc1ccccc21. The smallest absolute Gasteiger partial charge is 0.133 e. The van der Waals surface area contributed by atoms with Crippen molar-refractivity contribution in [3.05, 3.63) is 120 Å². The number of benzene rings is 4. The Balaban J connectivity index is 0.00000216. The molecule has 2 N–H and O–H groups in total. The van der Waals surface area contributed by atoms with Crippen molar-refractivity contribution in [3.8, 4) is 0 Å². The minimum atomic E-state index is -0.0769. The summed E-state index contributed by atoms with van der Waals surface area (Å²) in [4.78, 5) is 13.5. The van der Waals surface area contributed by atoms with Gasteiger partial charge in [-0.05, 0) is 69.6 Å². The predicted octanol–water partition coefficient (Wildman–Crippen LogP) is 9.67. The Bertz CT molecular complexity index is 1670. The van der Waals surface area contributed by atoms with Crippen LogP contribution in [0.1, 0.15) is 78.9 Å². The first-order valence-corrected chi connectivity index (χ1v) is 16.4.